The molecule has 2 heterocycles. The molecule has 0 fully saturated rings. The summed E-state index contributed by atoms with van der Waals surface area (Å²) >= 11 is 1.67. The normalized spacial score (nSPS) is 11.3. The largest absolute Gasteiger partial charge is 0.461 e. The van der Waals surface area contributed by atoms with Crippen LogP contribution < -0.4 is 0 Å². The Kier molecular flexibility index (Phi) is 5.72. The molecule has 0 amide bonds. The molecule has 4 heteroatoms. The number of carbonyl (C=O) groups is 1. The molecule has 0 unspecified atom stereocenters. The number of hydrogen-bond donors (Lipinski definition) is 0. The van der Waals surface area contributed by atoms with Crippen LogP contribution in [0.5, 0.6) is 0 Å². The van der Waals surface area contributed by atoms with Crippen molar-refractivity contribution in [1.29, 1.82) is 0 Å². The lowest BCUT2D eigenvalue weighted by atomic mass is 10.1. The molecule has 3 rings (SSSR count). The third-order valence-electron chi connectivity index (χ3n) is 4.55. The van der Waals surface area contributed by atoms with Crippen LogP contribution in [-0.2, 0) is 24.1 Å². The minimum Gasteiger partial charge on any atom is -0.461 e. The Bertz CT molecular complexity index is 888. The zero-order chi connectivity index (χ0) is 18.7. The summed E-state index contributed by atoms with van der Waals surface area (Å²) in [7, 11) is 0. The van der Waals surface area contributed by atoms with Gasteiger partial charge in [0.2, 0.25) is 0 Å². The van der Waals surface area contributed by atoms with Crippen molar-refractivity contribution >= 4 is 17.6 Å². The number of carbonyl (C=O) groups excluding carboxylic acids is 1. The van der Waals surface area contributed by atoms with Crippen molar-refractivity contribution in [2.45, 2.75) is 52.9 Å². The van der Waals surface area contributed by atoms with Gasteiger partial charge in [-0.1, -0.05) is 43.7 Å². The van der Waals surface area contributed by atoms with Crippen molar-refractivity contribution < 1.29 is 9.21 Å². The quantitative estimate of drug-likeness (QED) is 0.505. The molecule has 0 spiro atoms. The smallest absolute Gasteiger partial charge is 0.134 e. The standard InChI is InChI=1S/C22H25NO2S/c1-14(2)22-20(11-12-24)26-21(23-22)10-9-18-13-19(25-16(18)4)17-7-5-15(3)6-8-17/h5-8,12-14H,9-11H2,1-4H3. The average Bonchev–Trinajstić information content (AvgIpc) is 3.18. The van der Waals surface area contributed by atoms with Gasteiger partial charge in [0, 0.05) is 23.3 Å². The van der Waals surface area contributed by atoms with Crippen LogP contribution in [0.2, 0.25) is 0 Å². The van der Waals surface area contributed by atoms with Gasteiger partial charge in [-0.25, -0.2) is 4.98 Å². The Balaban J connectivity index is 1.75. The molecule has 26 heavy (non-hydrogen) atoms. The van der Waals surface area contributed by atoms with Crippen molar-refractivity contribution in [3.05, 3.63) is 62.8 Å². The maximum atomic E-state index is 10.9. The molecule has 0 saturated heterocycles. The van der Waals surface area contributed by atoms with Crippen molar-refractivity contribution in [2.75, 3.05) is 0 Å². The summed E-state index contributed by atoms with van der Waals surface area (Å²) in [6.07, 6.45) is 3.20. The van der Waals surface area contributed by atoms with Crippen LogP contribution in [0.1, 0.15) is 52.2 Å². The van der Waals surface area contributed by atoms with Crippen LogP contribution in [0.25, 0.3) is 11.3 Å². The van der Waals surface area contributed by atoms with E-state index >= 15 is 0 Å². The second-order valence-corrected chi connectivity index (χ2v) is 8.17. The topological polar surface area (TPSA) is 43.1 Å². The van der Waals surface area contributed by atoms with Gasteiger partial charge in [0.1, 0.15) is 17.8 Å². The maximum Gasteiger partial charge on any atom is 0.134 e. The Hall–Kier alpha value is -2.20. The summed E-state index contributed by atoms with van der Waals surface area (Å²) in [5.74, 6) is 2.23. The fraction of sp³-hybridized carbons (Fsp3) is 0.364. The van der Waals surface area contributed by atoms with Crippen molar-refractivity contribution in [1.82, 2.24) is 4.98 Å². The Morgan fingerprint density at radius 2 is 1.88 bits per heavy atom. The van der Waals surface area contributed by atoms with Crippen LogP contribution in [0.4, 0.5) is 0 Å². The fourth-order valence-electron chi connectivity index (χ4n) is 3.06. The second-order valence-electron chi connectivity index (χ2n) is 7.00. The molecule has 0 N–H and O–H groups in total. The number of benzene rings is 1. The maximum absolute atomic E-state index is 10.9. The number of aromatic nitrogens is 1. The first-order valence-corrected chi connectivity index (χ1v) is 9.88. The summed E-state index contributed by atoms with van der Waals surface area (Å²) in [5, 5.41) is 1.10. The SMILES string of the molecule is Cc1ccc(-c2cc(CCc3nc(C(C)C)c(CC=O)s3)c(C)o2)cc1. The predicted molar refractivity (Wildman–Crippen MR) is 107 cm³/mol. The Labute approximate surface area is 159 Å². The molecule has 3 nitrogen and oxygen atoms in total. The van der Waals surface area contributed by atoms with E-state index in [0.29, 0.717) is 12.3 Å². The van der Waals surface area contributed by atoms with Crippen LogP contribution in [0.3, 0.4) is 0 Å². The van der Waals surface area contributed by atoms with Gasteiger partial charge in [0.05, 0.1) is 10.7 Å². The molecule has 2 aromatic heterocycles. The highest BCUT2D eigenvalue weighted by Gasteiger charge is 2.15. The van der Waals surface area contributed by atoms with Gasteiger partial charge >= 0.3 is 0 Å². The molecule has 3 aromatic rings. The fourth-order valence-corrected chi connectivity index (χ4v) is 4.23. The van der Waals surface area contributed by atoms with Crippen LogP contribution in [0, 0.1) is 13.8 Å². The summed E-state index contributed by atoms with van der Waals surface area (Å²) in [6.45, 7) is 8.36. The lowest BCUT2D eigenvalue weighted by Crippen LogP contribution is -1.95. The number of aryl methyl sites for hydroxylation is 4. The summed E-state index contributed by atoms with van der Waals surface area (Å²) in [5.41, 5.74) is 4.64. The third-order valence-corrected chi connectivity index (χ3v) is 5.71. The van der Waals surface area contributed by atoms with E-state index in [1.54, 1.807) is 11.3 Å². The third kappa shape index (κ3) is 4.13. The molecule has 0 saturated carbocycles. The van der Waals surface area contributed by atoms with E-state index in [-0.39, 0.29) is 0 Å². The number of hydrogen-bond acceptors (Lipinski definition) is 4. The first-order valence-electron chi connectivity index (χ1n) is 9.06. The molecule has 0 aliphatic rings. The Morgan fingerprint density at radius 1 is 1.15 bits per heavy atom. The van der Waals surface area contributed by atoms with E-state index in [9.17, 15) is 4.79 Å². The van der Waals surface area contributed by atoms with E-state index in [2.05, 4.69) is 51.1 Å². The van der Waals surface area contributed by atoms with E-state index in [1.807, 2.05) is 6.92 Å². The molecule has 0 radical (unpaired) electrons. The zero-order valence-electron chi connectivity index (χ0n) is 15.8. The van der Waals surface area contributed by atoms with Crippen LogP contribution >= 0.6 is 11.3 Å². The molecule has 136 valence electrons. The van der Waals surface area contributed by atoms with Crippen molar-refractivity contribution in [2.24, 2.45) is 0 Å². The Morgan fingerprint density at radius 3 is 2.54 bits per heavy atom. The number of nitrogens with zero attached hydrogens (tertiary/aromatic N) is 1. The second kappa shape index (κ2) is 8.00. The monoisotopic (exact) mass is 367 g/mol. The molecule has 0 aliphatic carbocycles. The number of thiazole rings is 1. The van der Waals surface area contributed by atoms with Gasteiger partial charge in [-0.15, -0.1) is 11.3 Å². The summed E-state index contributed by atoms with van der Waals surface area (Å²) in [4.78, 5) is 16.8. The highest BCUT2D eigenvalue weighted by molar-refractivity contribution is 7.11. The molecule has 0 aliphatic heterocycles. The predicted octanol–water partition coefficient (Wildman–Crippen LogP) is 5.67. The molecule has 0 atom stereocenters. The molecular formula is C22H25NO2S. The van der Waals surface area contributed by atoms with Gasteiger partial charge in [0.15, 0.2) is 0 Å². The van der Waals surface area contributed by atoms with Crippen LogP contribution in [0.15, 0.2) is 34.7 Å². The number of rotatable bonds is 7. The summed E-state index contributed by atoms with van der Waals surface area (Å²) in [6, 6.07) is 10.5. The molecule has 1 aromatic carbocycles. The minimum atomic E-state index is 0.346. The highest BCUT2D eigenvalue weighted by Crippen LogP contribution is 2.29. The minimum absolute atomic E-state index is 0.346. The summed E-state index contributed by atoms with van der Waals surface area (Å²) < 4.78 is 5.97. The first-order chi connectivity index (χ1) is 12.5. The van der Waals surface area contributed by atoms with E-state index in [0.717, 1.165) is 51.8 Å². The van der Waals surface area contributed by atoms with Crippen molar-refractivity contribution in [3.8, 4) is 11.3 Å². The first kappa shape index (κ1) is 18.6. The van der Waals surface area contributed by atoms with E-state index in [4.69, 9.17) is 9.40 Å². The van der Waals surface area contributed by atoms with Gasteiger partial charge in [-0.05, 0) is 37.8 Å². The van der Waals surface area contributed by atoms with Gasteiger partial charge in [-0.2, -0.15) is 0 Å². The van der Waals surface area contributed by atoms with Gasteiger partial charge in [0.25, 0.3) is 0 Å². The number of furan rings is 1. The average molecular weight is 368 g/mol. The zero-order valence-corrected chi connectivity index (χ0v) is 16.7. The number of aldehydes is 1. The van der Waals surface area contributed by atoms with Gasteiger partial charge in [-0.3, -0.25) is 0 Å². The lowest BCUT2D eigenvalue weighted by molar-refractivity contribution is -0.107. The van der Waals surface area contributed by atoms with Gasteiger partial charge < -0.3 is 9.21 Å². The van der Waals surface area contributed by atoms with E-state index in [1.165, 1.54) is 11.1 Å². The lowest BCUT2D eigenvalue weighted by Gasteiger charge is -2.01. The highest BCUT2D eigenvalue weighted by atomic mass is 32.1. The van der Waals surface area contributed by atoms with E-state index < -0.39 is 0 Å². The van der Waals surface area contributed by atoms with Crippen LogP contribution in [-0.4, -0.2) is 11.3 Å². The van der Waals surface area contributed by atoms with Crippen molar-refractivity contribution in [3.63, 3.8) is 0 Å². The molecular weight excluding hydrogens is 342 g/mol. The molecule has 0 bridgehead atoms.